The van der Waals surface area contributed by atoms with Crippen LogP contribution < -0.4 is 4.90 Å². The Bertz CT molecular complexity index is 977. The number of rotatable bonds is 5. The van der Waals surface area contributed by atoms with Gasteiger partial charge in [0.2, 0.25) is 0 Å². The van der Waals surface area contributed by atoms with Gasteiger partial charge in [0.25, 0.3) is 11.8 Å². The first-order chi connectivity index (χ1) is 12.2. The van der Waals surface area contributed by atoms with E-state index in [2.05, 4.69) is 66.6 Å². The summed E-state index contributed by atoms with van der Waals surface area (Å²) in [5.74, 6) is 1.29. The fourth-order valence-electron chi connectivity index (χ4n) is 2.94. The molecule has 0 spiro atoms. The fourth-order valence-corrected chi connectivity index (χ4v) is 3.59. The SMILES string of the molecule is C[C@H](c1nnc(-c2cccs2)o1)[NH+](C)Cc1ccc2ccccc2c1. The van der Waals surface area contributed by atoms with Crippen LogP contribution in [0.15, 0.2) is 64.4 Å². The molecule has 0 saturated heterocycles. The van der Waals surface area contributed by atoms with Crippen molar-refractivity contribution in [2.24, 2.45) is 0 Å². The van der Waals surface area contributed by atoms with Gasteiger partial charge in [-0.2, -0.15) is 0 Å². The first-order valence-electron chi connectivity index (χ1n) is 8.38. The van der Waals surface area contributed by atoms with Crippen molar-refractivity contribution in [2.75, 3.05) is 7.05 Å². The molecule has 0 aliphatic heterocycles. The Morgan fingerprint density at radius 1 is 1.04 bits per heavy atom. The number of nitrogens with one attached hydrogen (secondary N) is 1. The molecule has 4 rings (SSSR count). The van der Waals surface area contributed by atoms with Gasteiger partial charge in [0.15, 0.2) is 6.04 Å². The van der Waals surface area contributed by atoms with Crippen LogP contribution in [0.3, 0.4) is 0 Å². The largest absolute Gasteiger partial charge is 0.414 e. The molecule has 0 radical (unpaired) electrons. The van der Waals surface area contributed by atoms with Crippen molar-refractivity contribution in [2.45, 2.75) is 19.5 Å². The number of fused-ring (bicyclic) bond motifs is 1. The Kier molecular flexibility index (Phi) is 4.34. The number of thiophene rings is 1. The normalized spacial score (nSPS) is 13.8. The highest BCUT2D eigenvalue weighted by Crippen LogP contribution is 2.24. The molecule has 2 atom stereocenters. The summed E-state index contributed by atoms with van der Waals surface area (Å²) in [7, 11) is 2.16. The molecule has 25 heavy (non-hydrogen) atoms. The molecule has 4 nitrogen and oxygen atoms in total. The van der Waals surface area contributed by atoms with Crippen LogP contribution in [0.1, 0.15) is 24.4 Å². The van der Waals surface area contributed by atoms with Gasteiger partial charge >= 0.3 is 0 Å². The lowest BCUT2D eigenvalue weighted by Gasteiger charge is -2.19. The maximum atomic E-state index is 5.89. The average molecular weight is 350 g/mol. The van der Waals surface area contributed by atoms with E-state index in [0.717, 1.165) is 11.4 Å². The van der Waals surface area contributed by atoms with Crippen LogP contribution in [0.4, 0.5) is 0 Å². The molecule has 2 aromatic heterocycles. The first kappa shape index (κ1) is 16.0. The van der Waals surface area contributed by atoms with E-state index >= 15 is 0 Å². The van der Waals surface area contributed by atoms with Gasteiger partial charge in [-0.05, 0) is 35.2 Å². The van der Waals surface area contributed by atoms with Gasteiger partial charge in [0.05, 0.1) is 11.9 Å². The third kappa shape index (κ3) is 3.34. The monoisotopic (exact) mass is 350 g/mol. The third-order valence-electron chi connectivity index (χ3n) is 4.58. The number of benzene rings is 2. The predicted molar refractivity (Wildman–Crippen MR) is 101 cm³/mol. The summed E-state index contributed by atoms with van der Waals surface area (Å²) >= 11 is 1.61. The molecule has 0 aliphatic rings. The van der Waals surface area contributed by atoms with Crippen molar-refractivity contribution < 1.29 is 9.32 Å². The second-order valence-electron chi connectivity index (χ2n) is 6.35. The summed E-state index contributed by atoms with van der Waals surface area (Å²) in [6.45, 7) is 3.03. The summed E-state index contributed by atoms with van der Waals surface area (Å²) in [6.07, 6.45) is 0. The quantitative estimate of drug-likeness (QED) is 0.596. The molecule has 0 aliphatic carbocycles. The van der Waals surface area contributed by atoms with Gasteiger partial charge < -0.3 is 9.32 Å². The highest BCUT2D eigenvalue weighted by atomic mass is 32.1. The van der Waals surface area contributed by atoms with Crippen LogP contribution in [0, 0.1) is 0 Å². The molecule has 5 heteroatoms. The number of hydrogen-bond donors (Lipinski definition) is 1. The van der Waals surface area contributed by atoms with E-state index in [4.69, 9.17) is 4.42 Å². The standard InChI is InChI=1S/C20H19N3OS/c1-14(19-21-22-20(24-19)18-8-5-11-25-18)23(2)13-15-9-10-16-6-3-4-7-17(16)12-15/h3-12,14H,13H2,1-2H3/p+1/t14-/m1/s1. The van der Waals surface area contributed by atoms with Crippen molar-refractivity contribution in [1.82, 2.24) is 10.2 Å². The molecule has 0 fully saturated rings. The molecular formula is C20H20N3OS+. The summed E-state index contributed by atoms with van der Waals surface area (Å²) in [5.41, 5.74) is 1.31. The second kappa shape index (κ2) is 6.78. The van der Waals surface area contributed by atoms with E-state index in [0.29, 0.717) is 11.8 Å². The number of nitrogens with zero attached hydrogens (tertiary/aromatic N) is 2. The molecule has 1 unspecified atom stereocenters. The van der Waals surface area contributed by atoms with Crippen LogP contribution in [-0.2, 0) is 6.54 Å². The summed E-state index contributed by atoms with van der Waals surface area (Å²) in [5, 5.41) is 13.0. The van der Waals surface area contributed by atoms with E-state index in [1.165, 1.54) is 21.2 Å². The molecule has 126 valence electrons. The van der Waals surface area contributed by atoms with Crippen LogP contribution in [0.5, 0.6) is 0 Å². The summed E-state index contributed by atoms with van der Waals surface area (Å²) < 4.78 is 5.89. The predicted octanol–water partition coefficient (Wildman–Crippen LogP) is 3.73. The van der Waals surface area contributed by atoms with Gasteiger partial charge in [-0.15, -0.1) is 21.5 Å². The van der Waals surface area contributed by atoms with Crippen molar-refractivity contribution in [1.29, 1.82) is 0 Å². The lowest BCUT2D eigenvalue weighted by atomic mass is 10.1. The Morgan fingerprint density at radius 3 is 2.68 bits per heavy atom. The van der Waals surface area contributed by atoms with Crippen LogP contribution >= 0.6 is 11.3 Å². The summed E-state index contributed by atoms with van der Waals surface area (Å²) in [4.78, 5) is 2.33. The van der Waals surface area contributed by atoms with Crippen LogP contribution in [-0.4, -0.2) is 17.2 Å². The molecule has 1 N–H and O–H groups in total. The molecular weight excluding hydrogens is 330 g/mol. The maximum absolute atomic E-state index is 5.89. The average Bonchev–Trinajstić information content (AvgIpc) is 3.32. The van der Waals surface area contributed by atoms with Gasteiger partial charge in [-0.1, -0.05) is 42.5 Å². The van der Waals surface area contributed by atoms with Crippen molar-refractivity contribution in [3.05, 3.63) is 71.4 Å². The van der Waals surface area contributed by atoms with Gasteiger partial charge in [0.1, 0.15) is 6.54 Å². The zero-order chi connectivity index (χ0) is 17.2. The van der Waals surface area contributed by atoms with E-state index in [1.807, 2.05) is 17.5 Å². The third-order valence-corrected chi connectivity index (χ3v) is 5.44. The van der Waals surface area contributed by atoms with E-state index in [9.17, 15) is 0 Å². The summed E-state index contributed by atoms with van der Waals surface area (Å²) in [6, 6.07) is 19.2. The van der Waals surface area contributed by atoms with Crippen molar-refractivity contribution >= 4 is 22.1 Å². The lowest BCUT2D eigenvalue weighted by Crippen LogP contribution is -3.07. The van der Waals surface area contributed by atoms with Crippen LogP contribution in [0.25, 0.3) is 21.5 Å². The maximum Gasteiger partial charge on any atom is 0.274 e. The zero-order valence-corrected chi connectivity index (χ0v) is 15.1. The Hall–Kier alpha value is -2.50. The van der Waals surface area contributed by atoms with Gasteiger partial charge in [-0.25, -0.2) is 0 Å². The van der Waals surface area contributed by atoms with E-state index in [1.54, 1.807) is 11.3 Å². The van der Waals surface area contributed by atoms with Gasteiger partial charge in [0, 0.05) is 5.56 Å². The van der Waals surface area contributed by atoms with Crippen molar-refractivity contribution in [3.63, 3.8) is 0 Å². The molecule has 2 aromatic carbocycles. The first-order valence-corrected chi connectivity index (χ1v) is 9.26. The molecule has 4 aromatic rings. The molecule has 2 heterocycles. The lowest BCUT2D eigenvalue weighted by molar-refractivity contribution is -0.925. The zero-order valence-electron chi connectivity index (χ0n) is 14.3. The Morgan fingerprint density at radius 2 is 1.88 bits per heavy atom. The molecule has 0 bridgehead atoms. The second-order valence-corrected chi connectivity index (χ2v) is 7.30. The van der Waals surface area contributed by atoms with Gasteiger partial charge in [-0.3, -0.25) is 0 Å². The number of quaternary nitrogens is 1. The Balaban J connectivity index is 1.50. The molecule has 0 saturated carbocycles. The smallest absolute Gasteiger partial charge is 0.274 e. The minimum atomic E-state index is 0.132. The van der Waals surface area contributed by atoms with Crippen molar-refractivity contribution in [3.8, 4) is 10.8 Å². The Labute approximate surface area is 150 Å². The van der Waals surface area contributed by atoms with E-state index in [-0.39, 0.29) is 6.04 Å². The number of aromatic nitrogens is 2. The van der Waals surface area contributed by atoms with E-state index < -0.39 is 0 Å². The topological polar surface area (TPSA) is 43.4 Å². The molecule has 0 amide bonds. The fraction of sp³-hybridized carbons (Fsp3) is 0.200. The minimum absolute atomic E-state index is 0.132. The van der Waals surface area contributed by atoms with Crippen LogP contribution in [0.2, 0.25) is 0 Å². The number of hydrogen-bond acceptors (Lipinski definition) is 4. The highest BCUT2D eigenvalue weighted by molar-refractivity contribution is 7.13. The highest BCUT2D eigenvalue weighted by Gasteiger charge is 2.23. The minimum Gasteiger partial charge on any atom is -0.414 e.